The number of methoxy groups -OCH3 is 3. The first-order chi connectivity index (χ1) is 15.8. The van der Waals surface area contributed by atoms with Gasteiger partial charge in [0.2, 0.25) is 0 Å². The van der Waals surface area contributed by atoms with Crippen LogP contribution in [0.4, 0.5) is 17.1 Å². The highest BCUT2D eigenvalue weighted by atomic mass is 16.5. The van der Waals surface area contributed by atoms with Gasteiger partial charge in [0.15, 0.2) is 5.70 Å². The topological polar surface area (TPSA) is 148 Å². The Balaban J connectivity index is 2.29. The molecule has 2 aromatic carbocycles. The number of allylic oxidation sites excluding steroid dienone is 1. The molecule has 0 unspecified atom stereocenters. The highest BCUT2D eigenvalue weighted by molar-refractivity contribution is 6.04. The Hall–Kier alpha value is -4.25. The molecule has 0 aliphatic rings. The third-order valence-electron chi connectivity index (χ3n) is 4.20. The molecule has 2 rings (SSSR count). The van der Waals surface area contributed by atoms with Gasteiger partial charge in [-0.3, -0.25) is 4.79 Å². The van der Waals surface area contributed by atoms with Gasteiger partial charge < -0.3 is 30.0 Å². The Morgan fingerprint density at radius 1 is 0.939 bits per heavy atom. The molecule has 1 amide bonds. The summed E-state index contributed by atoms with van der Waals surface area (Å²) in [5.74, 6) is -2.52. The van der Waals surface area contributed by atoms with Crippen LogP contribution in [0.3, 0.4) is 0 Å². The number of anilines is 2. The average Bonchev–Trinajstić information content (AvgIpc) is 2.82. The average molecular weight is 456 g/mol. The van der Waals surface area contributed by atoms with Gasteiger partial charge in [-0.15, -0.1) is 10.2 Å². The van der Waals surface area contributed by atoms with Crippen molar-refractivity contribution in [2.45, 2.75) is 6.92 Å². The summed E-state index contributed by atoms with van der Waals surface area (Å²) in [6.45, 7) is 1.59. The number of nitrogens with zero attached hydrogens (tertiary/aromatic N) is 2. The maximum atomic E-state index is 12.6. The zero-order valence-electron chi connectivity index (χ0n) is 18.5. The molecular weight excluding hydrogens is 432 g/mol. The van der Waals surface area contributed by atoms with Gasteiger partial charge in [0.25, 0.3) is 5.91 Å². The lowest BCUT2D eigenvalue weighted by atomic mass is 10.1. The van der Waals surface area contributed by atoms with Crippen LogP contribution in [-0.2, 0) is 19.0 Å². The van der Waals surface area contributed by atoms with Crippen LogP contribution in [0.15, 0.2) is 64.1 Å². The highest BCUT2D eigenvalue weighted by Crippen LogP contribution is 2.24. The smallest absolute Gasteiger partial charge is 0.340 e. The number of amides is 1. The molecular formula is C22H24N4O7. The fourth-order valence-corrected chi connectivity index (χ4v) is 2.54. The number of hydrogen-bond acceptors (Lipinski definition) is 10. The molecule has 0 bridgehead atoms. The standard InChI is InChI=1S/C22H24N4O7/c1-13(27)19(20(28)24-16-8-6-15(7-9-16)23-12-31-2)26-25-18-11-14(21(29)32-3)5-10-17(18)22(30)33-4/h5-11,23,27H,12H2,1-4H3,(H,24,28). The van der Waals surface area contributed by atoms with Crippen molar-refractivity contribution in [1.82, 2.24) is 0 Å². The van der Waals surface area contributed by atoms with Gasteiger partial charge >= 0.3 is 11.9 Å². The number of carbonyl (C=O) groups is 3. The van der Waals surface area contributed by atoms with Crippen LogP contribution in [0.5, 0.6) is 0 Å². The second-order valence-electron chi connectivity index (χ2n) is 6.49. The molecule has 33 heavy (non-hydrogen) atoms. The molecule has 0 saturated carbocycles. The number of aliphatic hydroxyl groups is 1. The number of ether oxygens (including phenoxy) is 3. The van der Waals surface area contributed by atoms with Crippen molar-refractivity contribution in [1.29, 1.82) is 0 Å². The first-order valence-corrected chi connectivity index (χ1v) is 9.57. The van der Waals surface area contributed by atoms with E-state index >= 15 is 0 Å². The van der Waals surface area contributed by atoms with E-state index in [1.54, 1.807) is 31.4 Å². The largest absolute Gasteiger partial charge is 0.510 e. The molecule has 174 valence electrons. The molecule has 0 saturated heterocycles. The fourth-order valence-electron chi connectivity index (χ4n) is 2.54. The Morgan fingerprint density at radius 2 is 1.58 bits per heavy atom. The van der Waals surface area contributed by atoms with Crippen LogP contribution in [0.1, 0.15) is 27.6 Å². The maximum absolute atomic E-state index is 12.6. The molecule has 0 fully saturated rings. The SMILES string of the molecule is COCNc1ccc(NC(=O)C(N=Nc2cc(C(=O)OC)ccc2C(=O)OC)=C(C)O)cc1. The molecule has 0 aliphatic heterocycles. The molecule has 11 nitrogen and oxygen atoms in total. The summed E-state index contributed by atoms with van der Waals surface area (Å²) < 4.78 is 14.3. The van der Waals surface area contributed by atoms with E-state index in [2.05, 4.69) is 25.6 Å². The zero-order valence-corrected chi connectivity index (χ0v) is 18.5. The Morgan fingerprint density at radius 3 is 2.15 bits per heavy atom. The summed E-state index contributed by atoms with van der Waals surface area (Å²) in [5.41, 5.74) is 0.894. The van der Waals surface area contributed by atoms with Gasteiger partial charge in [-0.25, -0.2) is 9.59 Å². The summed E-state index contributed by atoms with van der Waals surface area (Å²) in [5, 5.41) is 23.3. The number of aliphatic hydroxyl groups excluding tert-OH is 1. The number of benzene rings is 2. The lowest BCUT2D eigenvalue weighted by molar-refractivity contribution is -0.113. The van der Waals surface area contributed by atoms with Gasteiger partial charge in [0, 0.05) is 18.5 Å². The van der Waals surface area contributed by atoms with Crippen LogP contribution >= 0.6 is 0 Å². The molecule has 0 atom stereocenters. The molecule has 0 radical (unpaired) electrons. The minimum absolute atomic E-state index is 0.00315. The normalized spacial score (nSPS) is 11.5. The van der Waals surface area contributed by atoms with Crippen molar-refractivity contribution in [3.8, 4) is 0 Å². The van der Waals surface area contributed by atoms with E-state index in [0.29, 0.717) is 12.4 Å². The van der Waals surface area contributed by atoms with Gasteiger partial charge in [-0.05, 0) is 49.4 Å². The van der Waals surface area contributed by atoms with E-state index in [9.17, 15) is 19.5 Å². The van der Waals surface area contributed by atoms with E-state index in [1.807, 2.05) is 0 Å². The van der Waals surface area contributed by atoms with Gasteiger partial charge in [0.1, 0.15) is 18.2 Å². The Labute approximate surface area is 190 Å². The van der Waals surface area contributed by atoms with E-state index in [4.69, 9.17) is 9.47 Å². The van der Waals surface area contributed by atoms with E-state index in [0.717, 1.165) is 5.69 Å². The predicted octanol–water partition coefficient (Wildman–Crippen LogP) is 3.79. The third kappa shape index (κ3) is 6.87. The molecule has 0 heterocycles. The third-order valence-corrected chi connectivity index (χ3v) is 4.20. The first-order valence-electron chi connectivity index (χ1n) is 9.57. The predicted molar refractivity (Wildman–Crippen MR) is 120 cm³/mol. The quantitative estimate of drug-likeness (QED) is 0.170. The second-order valence-corrected chi connectivity index (χ2v) is 6.49. The molecule has 2 aromatic rings. The lowest BCUT2D eigenvalue weighted by Gasteiger charge is -2.09. The first kappa shape index (κ1) is 25.0. The number of nitrogens with one attached hydrogen (secondary N) is 2. The zero-order chi connectivity index (χ0) is 24.4. The summed E-state index contributed by atoms with van der Waals surface area (Å²) in [6.07, 6.45) is 0. The molecule has 0 spiro atoms. The summed E-state index contributed by atoms with van der Waals surface area (Å²) in [7, 11) is 3.95. The van der Waals surface area contributed by atoms with Crippen molar-refractivity contribution >= 4 is 34.9 Å². The van der Waals surface area contributed by atoms with Crippen LogP contribution in [0.2, 0.25) is 0 Å². The molecule has 3 N–H and O–H groups in total. The maximum Gasteiger partial charge on any atom is 0.340 e. The minimum atomic E-state index is -0.736. The van der Waals surface area contributed by atoms with Crippen molar-refractivity contribution < 1.29 is 33.7 Å². The summed E-state index contributed by atoms with van der Waals surface area (Å²) >= 11 is 0. The highest BCUT2D eigenvalue weighted by Gasteiger charge is 2.18. The van der Waals surface area contributed by atoms with Gasteiger partial charge in [-0.1, -0.05) is 0 Å². The van der Waals surface area contributed by atoms with Crippen LogP contribution < -0.4 is 10.6 Å². The van der Waals surface area contributed by atoms with Crippen LogP contribution in [0.25, 0.3) is 0 Å². The number of esters is 2. The fraction of sp³-hybridized carbons (Fsp3) is 0.227. The van der Waals surface area contributed by atoms with Crippen molar-refractivity contribution in [3.63, 3.8) is 0 Å². The summed E-state index contributed by atoms with van der Waals surface area (Å²) in [4.78, 5) is 36.5. The van der Waals surface area contributed by atoms with Crippen molar-refractivity contribution in [2.24, 2.45) is 10.2 Å². The van der Waals surface area contributed by atoms with Crippen molar-refractivity contribution in [2.75, 3.05) is 38.7 Å². The molecule has 0 aromatic heterocycles. The van der Waals surface area contributed by atoms with Crippen molar-refractivity contribution in [3.05, 3.63) is 65.0 Å². The summed E-state index contributed by atoms with van der Waals surface area (Å²) in [6, 6.07) is 10.7. The van der Waals surface area contributed by atoms with Gasteiger partial charge in [0.05, 0.1) is 25.3 Å². The van der Waals surface area contributed by atoms with Crippen LogP contribution in [-0.4, -0.2) is 51.0 Å². The Bertz CT molecular complexity index is 1070. The van der Waals surface area contributed by atoms with E-state index in [1.165, 1.54) is 39.3 Å². The Kier molecular flexibility index (Phi) is 9.06. The monoisotopic (exact) mass is 456 g/mol. The molecule has 11 heteroatoms. The van der Waals surface area contributed by atoms with Gasteiger partial charge in [-0.2, -0.15) is 0 Å². The van der Waals surface area contributed by atoms with Crippen LogP contribution in [0, 0.1) is 0 Å². The second kappa shape index (κ2) is 12.0. The number of carbonyl (C=O) groups excluding carboxylic acids is 3. The number of hydrogen-bond donors (Lipinski definition) is 3. The van der Waals surface area contributed by atoms with E-state index in [-0.39, 0.29) is 16.8 Å². The molecule has 0 aliphatic carbocycles. The lowest BCUT2D eigenvalue weighted by Crippen LogP contribution is -2.14. The minimum Gasteiger partial charge on any atom is -0.510 e. The number of rotatable bonds is 9. The number of azo groups is 1. The van der Waals surface area contributed by atoms with E-state index < -0.39 is 29.3 Å².